The number of rotatable bonds is 5. The Labute approximate surface area is 137 Å². The summed E-state index contributed by atoms with van der Waals surface area (Å²) in [7, 11) is 0. The molecule has 0 aromatic rings. The van der Waals surface area contributed by atoms with Crippen molar-refractivity contribution >= 4 is 29.6 Å². The van der Waals surface area contributed by atoms with Crippen LogP contribution in [0.3, 0.4) is 0 Å². The summed E-state index contributed by atoms with van der Waals surface area (Å²) in [6.07, 6.45) is -6.66. The minimum absolute atomic E-state index is 0. The molecule has 0 aliphatic carbocycles. The molecule has 0 radical (unpaired) electrons. The predicted molar refractivity (Wildman–Crippen MR) is 72.3 cm³/mol. The van der Waals surface area contributed by atoms with Crippen LogP contribution >= 0.6 is 0 Å². The molecule has 0 spiro atoms. The van der Waals surface area contributed by atoms with Crippen LogP contribution in [0.25, 0.3) is 6.15 Å². The number of nitrogens with one attached hydrogen (secondary N) is 1. The summed E-state index contributed by atoms with van der Waals surface area (Å²) in [6.45, 7) is 0.364. The van der Waals surface area contributed by atoms with Crippen LogP contribution in [0.4, 0.5) is 0 Å². The van der Waals surface area contributed by atoms with Crippen molar-refractivity contribution in [2.24, 2.45) is 0 Å². The molecule has 124 valence electrons. The number of aldehydes is 1. The fourth-order valence-corrected chi connectivity index (χ4v) is 2.10. The maximum Gasteiger partial charge on any atom is 3.00 e. The number of aliphatic hydroxyl groups is 5. The molecule has 1 saturated heterocycles. The van der Waals surface area contributed by atoms with Gasteiger partial charge in [-0.1, -0.05) is 0 Å². The zero-order valence-electron chi connectivity index (χ0n) is 11.9. The van der Waals surface area contributed by atoms with Crippen molar-refractivity contribution in [3.8, 4) is 0 Å². The van der Waals surface area contributed by atoms with Crippen molar-refractivity contribution in [2.45, 2.75) is 49.6 Å². The van der Waals surface area contributed by atoms with Crippen LogP contribution in [0.1, 0.15) is 13.3 Å². The third-order valence-corrected chi connectivity index (χ3v) is 3.08. The number of ether oxygens (including phenoxy) is 1. The van der Waals surface area contributed by atoms with Crippen molar-refractivity contribution in [1.82, 2.24) is 5.32 Å². The fraction of sp³-hybridized carbons (Fsp3) is 0.818. The number of nitrogens with zero attached hydrogens (tertiary/aromatic N) is 1. The van der Waals surface area contributed by atoms with Crippen LogP contribution < -0.4 is 5.32 Å². The molecule has 0 unspecified atom stereocenters. The summed E-state index contributed by atoms with van der Waals surface area (Å²) >= 11 is 0. The summed E-state index contributed by atoms with van der Waals surface area (Å²) in [6, 6.07) is -1.15. The third-order valence-electron chi connectivity index (χ3n) is 3.08. The van der Waals surface area contributed by atoms with Crippen LogP contribution in [0.15, 0.2) is 0 Å². The van der Waals surface area contributed by atoms with Gasteiger partial charge in [0.15, 0.2) is 6.29 Å². The molecule has 10 nitrogen and oxygen atoms in total. The normalized spacial score (nSPS) is 33.6. The molecular formula is C11H19AlN2O8. The average molecular weight is 334 g/mol. The Balaban J connectivity index is 0. The SMILES string of the molecule is CC(=O)N[C@H]1[C@H]([C@H](O)[C@H](O)CO)O[C@](O)(C=O)C[C@@H]1O.[Al+3].[N-3]. The minimum Gasteiger partial charge on any atom is -3.00 e. The van der Waals surface area contributed by atoms with E-state index < -0.39 is 55.2 Å². The Morgan fingerprint density at radius 1 is 1.50 bits per heavy atom. The molecule has 1 aliphatic rings. The molecule has 1 fully saturated rings. The number of amides is 1. The van der Waals surface area contributed by atoms with E-state index in [4.69, 9.17) is 9.84 Å². The van der Waals surface area contributed by atoms with Crippen molar-refractivity contribution in [3.05, 3.63) is 6.15 Å². The van der Waals surface area contributed by atoms with Gasteiger partial charge in [0.1, 0.15) is 18.3 Å². The second kappa shape index (κ2) is 9.51. The molecule has 22 heavy (non-hydrogen) atoms. The standard InChI is InChI=1S/C11H19NO8.Al.N/c1-5(15)12-8-6(16)2-11(19,4-14)20-10(8)9(18)7(17)3-13;;/h4,6-10,13,16-19H,2-3H2,1H3,(H,12,15);;/q;+3;-3/t6-,7+,8+,9+,10+,11-;;/m0../s1. The van der Waals surface area contributed by atoms with E-state index in [9.17, 15) is 30.0 Å². The smallest absolute Gasteiger partial charge is 3.00 e. The summed E-state index contributed by atoms with van der Waals surface area (Å²) < 4.78 is 4.98. The topological polar surface area (TPSA) is 187 Å². The van der Waals surface area contributed by atoms with Gasteiger partial charge in [-0.3, -0.25) is 9.59 Å². The molecule has 0 aromatic carbocycles. The molecular weight excluding hydrogens is 315 g/mol. The van der Waals surface area contributed by atoms with E-state index in [0.717, 1.165) is 0 Å². The Bertz CT molecular complexity index is 374. The zero-order valence-corrected chi connectivity index (χ0v) is 13.0. The fourth-order valence-electron chi connectivity index (χ4n) is 2.10. The van der Waals surface area contributed by atoms with E-state index in [2.05, 4.69) is 5.32 Å². The first kappa shape index (κ1) is 23.7. The first-order valence-corrected chi connectivity index (χ1v) is 6.02. The van der Waals surface area contributed by atoms with Gasteiger partial charge in [0.25, 0.3) is 0 Å². The Morgan fingerprint density at radius 3 is 2.45 bits per heavy atom. The molecule has 1 rings (SSSR count). The molecule has 1 amide bonds. The summed E-state index contributed by atoms with van der Waals surface area (Å²) in [5.74, 6) is -2.88. The summed E-state index contributed by atoms with van der Waals surface area (Å²) in [5.41, 5.74) is 0. The Kier molecular flexibility index (Phi) is 10.2. The quantitative estimate of drug-likeness (QED) is 0.218. The van der Waals surface area contributed by atoms with Gasteiger partial charge in [-0.05, 0) is 0 Å². The van der Waals surface area contributed by atoms with E-state index in [-0.39, 0.29) is 29.8 Å². The van der Waals surface area contributed by atoms with Gasteiger partial charge < -0.3 is 41.7 Å². The van der Waals surface area contributed by atoms with Crippen LogP contribution in [-0.4, -0.2) is 97.9 Å². The largest absolute Gasteiger partial charge is 3.00 e. The van der Waals surface area contributed by atoms with Crippen LogP contribution in [0.5, 0.6) is 0 Å². The molecule has 0 aromatic heterocycles. The van der Waals surface area contributed by atoms with E-state index in [1.165, 1.54) is 6.92 Å². The third kappa shape index (κ3) is 5.55. The van der Waals surface area contributed by atoms with Gasteiger partial charge in [0.05, 0.1) is 18.8 Å². The first-order valence-electron chi connectivity index (χ1n) is 6.02. The summed E-state index contributed by atoms with van der Waals surface area (Å²) in [5, 5.41) is 50.0. The first-order chi connectivity index (χ1) is 9.24. The zero-order chi connectivity index (χ0) is 15.5. The van der Waals surface area contributed by atoms with Crippen molar-refractivity contribution in [1.29, 1.82) is 0 Å². The van der Waals surface area contributed by atoms with Crippen molar-refractivity contribution in [3.63, 3.8) is 0 Å². The van der Waals surface area contributed by atoms with Crippen LogP contribution in [0, 0.1) is 0 Å². The minimum atomic E-state index is -2.34. The summed E-state index contributed by atoms with van der Waals surface area (Å²) in [4.78, 5) is 21.9. The van der Waals surface area contributed by atoms with E-state index >= 15 is 0 Å². The van der Waals surface area contributed by atoms with Gasteiger partial charge in [-0.15, -0.1) is 0 Å². The van der Waals surface area contributed by atoms with Gasteiger partial charge in [0.2, 0.25) is 11.7 Å². The number of carbonyl (C=O) groups is 2. The number of carbonyl (C=O) groups excluding carboxylic acids is 2. The molecule has 6 atom stereocenters. The maximum absolute atomic E-state index is 11.1. The van der Waals surface area contributed by atoms with Gasteiger partial charge in [0, 0.05) is 13.3 Å². The Hall–Kier alpha value is -0.608. The Morgan fingerprint density at radius 2 is 2.05 bits per heavy atom. The molecule has 0 saturated carbocycles. The molecule has 11 heteroatoms. The van der Waals surface area contributed by atoms with E-state index in [0.29, 0.717) is 0 Å². The second-order valence-electron chi connectivity index (χ2n) is 4.78. The van der Waals surface area contributed by atoms with Crippen LogP contribution in [0.2, 0.25) is 0 Å². The predicted octanol–water partition coefficient (Wildman–Crippen LogP) is -3.85. The van der Waals surface area contributed by atoms with Crippen LogP contribution in [-0.2, 0) is 14.3 Å². The molecule has 1 aliphatic heterocycles. The van der Waals surface area contributed by atoms with Gasteiger partial charge in [-0.25, -0.2) is 0 Å². The second-order valence-corrected chi connectivity index (χ2v) is 4.78. The molecule has 0 bridgehead atoms. The molecule has 1 heterocycles. The van der Waals surface area contributed by atoms with Crippen molar-refractivity contribution < 1.29 is 39.9 Å². The van der Waals surface area contributed by atoms with Gasteiger partial charge >= 0.3 is 17.4 Å². The maximum atomic E-state index is 11.1. The number of hydrogen-bond acceptors (Lipinski definition) is 8. The monoisotopic (exact) mass is 334 g/mol. The number of aliphatic hydroxyl groups excluding tert-OH is 4. The number of hydrogen-bond donors (Lipinski definition) is 6. The van der Waals surface area contributed by atoms with E-state index in [1.807, 2.05) is 0 Å². The van der Waals surface area contributed by atoms with Gasteiger partial charge in [-0.2, -0.15) is 0 Å². The average Bonchev–Trinajstić information content (AvgIpc) is 2.39. The van der Waals surface area contributed by atoms with E-state index in [1.54, 1.807) is 0 Å². The molecule has 6 N–H and O–H groups in total. The van der Waals surface area contributed by atoms with Crippen molar-refractivity contribution in [2.75, 3.05) is 6.61 Å².